The molecule has 0 spiro atoms. The molecule has 1 atom stereocenters. The van der Waals surface area contributed by atoms with Crippen molar-refractivity contribution < 1.29 is 0 Å². The summed E-state index contributed by atoms with van der Waals surface area (Å²) < 4.78 is 0. The first kappa shape index (κ1) is 11.3. The van der Waals surface area contributed by atoms with Gasteiger partial charge in [0.2, 0.25) is 0 Å². The molecular formula is C11H24N4. The molecule has 1 N–H and O–H groups in total. The Hall–Kier alpha value is -0.160. The first-order chi connectivity index (χ1) is 7.08. The van der Waals surface area contributed by atoms with Crippen molar-refractivity contribution in [3.8, 4) is 0 Å². The van der Waals surface area contributed by atoms with Gasteiger partial charge >= 0.3 is 0 Å². The van der Waals surface area contributed by atoms with E-state index in [1.165, 1.54) is 45.7 Å². The van der Waals surface area contributed by atoms with Crippen LogP contribution in [0.4, 0.5) is 0 Å². The molecule has 2 saturated heterocycles. The molecule has 0 bridgehead atoms. The van der Waals surface area contributed by atoms with E-state index in [1.807, 2.05) is 0 Å². The third kappa shape index (κ3) is 3.14. The minimum absolute atomic E-state index is 0.266. The van der Waals surface area contributed by atoms with E-state index in [0.717, 1.165) is 0 Å². The van der Waals surface area contributed by atoms with E-state index in [9.17, 15) is 0 Å². The third-order valence-corrected chi connectivity index (χ3v) is 3.49. The van der Waals surface area contributed by atoms with Crippen LogP contribution in [0, 0.1) is 0 Å². The number of nitrogens with one attached hydrogen (secondary N) is 1. The zero-order chi connectivity index (χ0) is 10.9. The predicted octanol–water partition coefficient (Wildman–Crippen LogP) is 0.180. The van der Waals surface area contributed by atoms with Crippen molar-refractivity contribution in [2.75, 3.05) is 46.3 Å². The average molecular weight is 212 g/mol. The van der Waals surface area contributed by atoms with E-state index in [1.54, 1.807) is 0 Å². The first-order valence-electron chi connectivity index (χ1n) is 6.04. The van der Waals surface area contributed by atoms with Gasteiger partial charge in [-0.3, -0.25) is 0 Å². The average Bonchev–Trinajstić information content (AvgIpc) is 2.78. The maximum absolute atomic E-state index is 3.36. The molecule has 2 heterocycles. The van der Waals surface area contributed by atoms with Crippen molar-refractivity contribution in [2.45, 2.75) is 25.9 Å². The highest BCUT2D eigenvalue weighted by molar-refractivity contribution is 4.88. The normalized spacial score (nSPS) is 31.8. The van der Waals surface area contributed by atoms with Gasteiger partial charge in [0.1, 0.15) is 0 Å². The number of nitrogens with zero attached hydrogens (tertiary/aromatic N) is 3. The number of likely N-dealkylation sites (N-methyl/N-ethyl adjacent to an activating group) is 1. The van der Waals surface area contributed by atoms with Crippen LogP contribution in [0.25, 0.3) is 0 Å². The lowest BCUT2D eigenvalue weighted by Crippen LogP contribution is -2.44. The second-order valence-corrected chi connectivity index (χ2v) is 5.32. The van der Waals surface area contributed by atoms with E-state index in [0.29, 0.717) is 0 Å². The number of hydrogen-bond donors (Lipinski definition) is 1. The van der Waals surface area contributed by atoms with Gasteiger partial charge in [-0.15, -0.1) is 0 Å². The predicted molar refractivity (Wildman–Crippen MR) is 62.5 cm³/mol. The van der Waals surface area contributed by atoms with E-state index < -0.39 is 0 Å². The zero-order valence-corrected chi connectivity index (χ0v) is 10.3. The van der Waals surface area contributed by atoms with Gasteiger partial charge in [0.05, 0.1) is 5.66 Å². The van der Waals surface area contributed by atoms with Gasteiger partial charge in [-0.25, -0.2) is 10.4 Å². The summed E-state index contributed by atoms with van der Waals surface area (Å²) in [6, 6.07) is 0. The van der Waals surface area contributed by atoms with Crippen molar-refractivity contribution in [2.24, 2.45) is 0 Å². The fraction of sp³-hybridized carbons (Fsp3) is 1.00. The summed E-state index contributed by atoms with van der Waals surface area (Å²) in [5.41, 5.74) is 3.63. The van der Waals surface area contributed by atoms with Crippen LogP contribution < -0.4 is 5.43 Å². The van der Waals surface area contributed by atoms with Gasteiger partial charge in [0.15, 0.2) is 0 Å². The maximum Gasteiger partial charge on any atom is 0.0918 e. The summed E-state index contributed by atoms with van der Waals surface area (Å²) in [7, 11) is 2.21. The van der Waals surface area contributed by atoms with Crippen LogP contribution in [0.15, 0.2) is 0 Å². The van der Waals surface area contributed by atoms with Crippen LogP contribution in [0.2, 0.25) is 0 Å². The lowest BCUT2D eigenvalue weighted by Gasteiger charge is -2.32. The van der Waals surface area contributed by atoms with Crippen LogP contribution in [0.5, 0.6) is 0 Å². The molecule has 2 rings (SSSR count). The summed E-state index contributed by atoms with van der Waals surface area (Å²) in [6.07, 6.45) is 1.28. The molecular weight excluding hydrogens is 188 g/mol. The Morgan fingerprint density at radius 2 is 1.67 bits per heavy atom. The van der Waals surface area contributed by atoms with Crippen LogP contribution in [-0.2, 0) is 0 Å². The van der Waals surface area contributed by atoms with Gasteiger partial charge < -0.3 is 9.80 Å². The van der Waals surface area contributed by atoms with Crippen molar-refractivity contribution in [3.63, 3.8) is 0 Å². The molecule has 4 nitrogen and oxygen atoms in total. The Morgan fingerprint density at radius 1 is 1.07 bits per heavy atom. The molecule has 2 aliphatic heterocycles. The highest BCUT2D eigenvalue weighted by Gasteiger charge is 2.41. The van der Waals surface area contributed by atoms with Crippen molar-refractivity contribution in [1.82, 2.24) is 20.2 Å². The summed E-state index contributed by atoms with van der Waals surface area (Å²) >= 11 is 0. The minimum Gasteiger partial charge on any atom is -0.304 e. The molecule has 2 aliphatic rings. The van der Waals surface area contributed by atoms with E-state index >= 15 is 0 Å². The van der Waals surface area contributed by atoms with E-state index in [-0.39, 0.29) is 5.66 Å². The molecule has 2 fully saturated rings. The smallest absolute Gasteiger partial charge is 0.0918 e. The van der Waals surface area contributed by atoms with Gasteiger partial charge in [-0.05, 0) is 33.9 Å². The van der Waals surface area contributed by atoms with Gasteiger partial charge in [-0.2, -0.15) is 0 Å². The van der Waals surface area contributed by atoms with E-state index in [2.05, 4.69) is 41.1 Å². The molecule has 0 amide bonds. The first-order valence-corrected chi connectivity index (χ1v) is 6.04. The molecule has 0 saturated carbocycles. The number of piperazine rings is 1. The number of rotatable bonds is 4. The highest BCUT2D eigenvalue weighted by Crippen LogP contribution is 2.22. The van der Waals surface area contributed by atoms with Gasteiger partial charge in [-0.1, -0.05) is 0 Å². The number of hydrogen-bond acceptors (Lipinski definition) is 4. The van der Waals surface area contributed by atoms with Crippen LogP contribution in [0.1, 0.15) is 20.3 Å². The van der Waals surface area contributed by atoms with Crippen LogP contribution >= 0.6 is 0 Å². The van der Waals surface area contributed by atoms with Crippen LogP contribution in [0.3, 0.4) is 0 Å². The van der Waals surface area contributed by atoms with Gasteiger partial charge in [0, 0.05) is 32.7 Å². The molecule has 4 heteroatoms. The van der Waals surface area contributed by atoms with Crippen molar-refractivity contribution in [1.29, 1.82) is 0 Å². The fourth-order valence-corrected chi connectivity index (χ4v) is 2.16. The van der Waals surface area contributed by atoms with Crippen molar-refractivity contribution >= 4 is 0 Å². The molecule has 0 aromatic rings. The second-order valence-electron chi connectivity index (χ2n) is 5.32. The SMILES string of the molecule is CN1CCN(CCCN2NC2(C)C)CC1. The Balaban J connectivity index is 1.55. The molecule has 15 heavy (non-hydrogen) atoms. The standard InChI is InChI=1S/C11H24N4/c1-11(2)12-15(11)6-4-5-14-9-7-13(3)8-10-14/h12H,4-10H2,1-3H3. The molecule has 88 valence electrons. The summed E-state index contributed by atoms with van der Waals surface area (Å²) in [5.74, 6) is 0. The Bertz CT molecular complexity index is 209. The highest BCUT2D eigenvalue weighted by atomic mass is 15.8. The Labute approximate surface area is 93.2 Å². The maximum atomic E-state index is 3.36. The van der Waals surface area contributed by atoms with Gasteiger partial charge in [0.25, 0.3) is 0 Å². The summed E-state index contributed by atoms with van der Waals surface area (Å²) in [6.45, 7) is 11.8. The summed E-state index contributed by atoms with van der Waals surface area (Å²) in [4.78, 5) is 4.99. The fourth-order valence-electron chi connectivity index (χ4n) is 2.16. The van der Waals surface area contributed by atoms with E-state index in [4.69, 9.17) is 0 Å². The van der Waals surface area contributed by atoms with Crippen molar-refractivity contribution in [3.05, 3.63) is 0 Å². The second kappa shape index (κ2) is 4.37. The molecule has 0 aromatic heterocycles. The largest absolute Gasteiger partial charge is 0.304 e. The summed E-state index contributed by atoms with van der Waals surface area (Å²) in [5, 5.41) is 2.32. The molecule has 0 aliphatic carbocycles. The molecule has 0 aromatic carbocycles. The zero-order valence-electron chi connectivity index (χ0n) is 10.3. The lowest BCUT2D eigenvalue weighted by molar-refractivity contribution is 0.150. The lowest BCUT2D eigenvalue weighted by atomic mass is 10.3. The molecule has 1 unspecified atom stereocenters. The molecule has 0 radical (unpaired) electrons. The number of hydrazine groups is 1. The minimum atomic E-state index is 0.266. The Kier molecular flexibility index (Phi) is 3.30. The third-order valence-electron chi connectivity index (χ3n) is 3.49. The monoisotopic (exact) mass is 212 g/mol. The van der Waals surface area contributed by atoms with Crippen LogP contribution in [-0.4, -0.2) is 66.8 Å². The quantitative estimate of drug-likeness (QED) is 0.674. The topological polar surface area (TPSA) is 31.4 Å². The Morgan fingerprint density at radius 3 is 2.20 bits per heavy atom.